The van der Waals surface area contributed by atoms with Crippen LogP contribution in [0.3, 0.4) is 0 Å². The Morgan fingerprint density at radius 2 is 1.95 bits per heavy atom. The normalized spacial score (nSPS) is 16.8. The molecule has 2 heterocycles. The van der Waals surface area contributed by atoms with Crippen LogP contribution in [0, 0.1) is 0 Å². The van der Waals surface area contributed by atoms with E-state index < -0.39 is 0 Å². The van der Waals surface area contributed by atoms with Gasteiger partial charge in [-0.2, -0.15) is 0 Å². The van der Waals surface area contributed by atoms with Gasteiger partial charge in [0, 0.05) is 50.9 Å². The highest BCUT2D eigenvalue weighted by Crippen LogP contribution is 2.33. The quantitative estimate of drug-likeness (QED) is 0.921. The molecule has 22 heavy (non-hydrogen) atoms. The van der Waals surface area contributed by atoms with Gasteiger partial charge in [0.05, 0.1) is 0 Å². The largest absolute Gasteiger partial charge is 0.371 e. The van der Waals surface area contributed by atoms with Gasteiger partial charge in [-0.25, -0.2) is 0 Å². The lowest BCUT2D eigenvalue weighted by atomic mass is 10.1. The molecule has 3 rings (SSSR count). The van der Waals surface area contributed by atoms with Gasteiger partial charge in [0.2, 0.25) is 11.8 Å². The van der Waals surface area contributed by atoms with Crippen molar-refractivity contribution in [1.29, 1.82) is 0 Å². The number of carbonyl (C=O) groups excluding carboxylic acids is 2. The van der Waals surface area contributed by atoms with Crippen LogP contribution in [0.5, 0.6) is 0 Å². The van der Waals surface area contributed by atoms with Gasteiger partial charge in [-0.1, -0.05) is 6.07 Å². The zero-order valence-electron chi connectivity index (χ0n) is 13.1. The molecule has 0 atom stereocenters. The predicted octanol–water partition coefficient (Wildman–Crippen LogP) is 1.70. The SMILES string of the molecule is CC(=O)NCCC(=O)N1CCc2ccc(N3CCCC3)cc21. The second-order valence-electron chi connectivity index (χ2n) is 6.04. The molecule has 1 aromatic carbocycles. The summed E-state index contributed by atoms with van der Waals surface area (Å²) in [6.07, 6.45) is 3.77. The average Bonchev–Trinajstić information content (AvgIpc) is 3.15. The van der Waals surface area contributed by atoms with E-state index in [9.17, 15) is 9.59 Å². The van der Waals surface area contributed by atoms with E-state index in [0.717, 1.165) is 31.7 Å². The predicted molar refractivity (Wildman–Crippen MR) is 87.2 cm³/mol. The molecular formula is C17H23N3O2. The summed E-state index contributed by atoms with van der Waals surface area (Å²) >= 11 is 0. The lowest BCUT2D eigenvalue weighted by Crippen LogP contribution is -2.32. The van der Waals surface area contributed by atoms with Gasteiger partial charge in [0.25, 0.3) is 0 Å². The molecule has 1 saturated heterocycles. The molecule has 0 aromatic heterocycles. The van der Waals surface area contributed by atoms with Gasteiger partial charge in [-0.15, -0.1) is 0 Å². The number of hydrogen-bond donors (Lipinski definition) is 1. The van der Waals surface area contributed by atoms with E-state index in [0.29, 0.717) is 13.0 Å². The maximum atomic E-state index is 12.4. The molecule has 0 saturated carbocycles. The monoisotopic (exact) mass is 301 g/mol. The fraction of sp³-hybridized carbons (Fsp3) is 0.529. The molecule has 0 unspecified atom stereocenters. The van der Waals surface area contributed by atoms with Crippen LogP contribution < -0.4 is 15.1 Å². The minimum Gasteiger partial charge on any atom is -0.371 e. The van der Waals surface area contributed by atoms with Crippen molar-refractivity contribution >= 4 is 23.2 Å². The number of hydrogen-bond acceptors (Lipinski definition) is 3. The molecule has 5 nitrogen and oxygen atoms in total. The van der Waals surface area contributed by atoms with Crippen LogP contribution in [0.15, 0.2) is 18.2 Å². The summed E-state index contributed by atoms with van der Waals surface area (Å²) in [6.45, 7) is 4.84. The van der Waals surface area contributed by atoms with Crippen LogP contribution in [0.2, 0.25) is 0 Å². The van der Waals surface area contributed by atoms with E-state index >= 15 is 0 Å². The Kier molecular flexibility index (Phi) is 4.32. The third kappa shape index (κ3) is 3.08. The number of anilines is 2. The number of benzene rings is 1. The molecule has 1 fully saturated rings. The highest BCUT2D eigenvalue weighted by Gasteiger charge is 2.25. The van der Waals surface area contributed by atoms with Gasteiger partial charge >= 0.3 is 0 Å². The van der Waals surface area contributed by atoms with E-state index in [2.05, 4.69) is 28.4 Å². The lowest BCUT2D eigenvalue weighted by molar-refractivity contribution is -0.119. The van der Waals surface area contributed by atoms with Crippen LogP contribution in [0.4, 0.5) is 11.4 Å². The van der Waals surface area contributed by atoms with Gasteiger partial charge in [0.15, 0.2) is 0 Å². The molecule has 2 amide bonds. The number of nitrogens with one attached hydrogen (secondary N) is 1. The maximum absolute atomic E-state index is 12.4. The Labute approximate surface area is 131 Å². The molecule has 5 heteroatoms. The number of carbonyl (C=O) groups is 2. The molecule has 0 aliphatic carbocycles. The zero-order valence-corrected chi connectivity index (χ0v) is 13.1. The molecular weight excluding hydrogens is 278 g/mol. The van der Waals surface area contributed by atoms with Crippen LogP contribution in [0.25, 0.3) is 0 Å². The highest BCUT2D eigenvalue weighted by molar-refractivity contribution is 5.96. The Hall–Kier alpha value is -2.04. The van der Waals surface area contributed by atoms with Gasteiger partial charge < -0.3 is 15.1 Å². The van der Waals surface area contributed by atoms with Crippen molar-refractivity contribution in [3.8, 4) is 0 Å². The fourth-order valence-electron chi connectivity index (χ4n) is 3.28. The Balaban J connectivity index is 1.70. The van der Waals surface area contributed by atoms with Gasteiger partial charge in [-0.05, 0) is 37.0 Å². The van der Waals surface area contributed by atoms with Crippen molar-refractivity contribution in [3.63, 3.8) is 0 Å². The highest BCUT2D eigenvalue weighted by atomic mass is 16.2. The van der Waals surface area contributed by atoms with E-state index in [1.165, 1.54) is 31.0 Å². The number of fused-ring (bicyclic) bond motifs is 1. The van der Waals surface area contributed by atoms with Gasteiger partial charge in [-0.3, -0.25) is 9.59 Å². The maximum Gasteiger partial charge on any atom is 0.228 e. The molecule has 118 valence electrons. The standard InChI is InChI=1S/C17H23N3O2/c1-13(21)18-8-6-17(22)20-11-7-14-4-5-15(12-16(14)20)19-9-2-3-10-19/h4-5,12H,2-3,6-11H2,1H3,(H,18,21). The average molecular weight is 301 g/mol. The van der Waals surface area contributed by atoms with E-state index in [-0.39, 0.29) is 11.8 Å². The minimum atomic E-state index is -0.0917. The molecule has 0 bridgehead atoms. The first-order valence-corrected chi connectivity index (χ1v) is 8.08. The summed E-state index contributed by atoms with van der Waals surface area (Å²) in [6, 6.07) is 6.49. The summed E-state index contributed by atoms with van der Waals surface area (Å²) < 4.78 is 0. The second-order valence-corrected chi connectivity index (χ2v) is 6.04. The second kappa shape index (κ2) is 6.38. The summed E-state index contributed by atoms with van der Waals surface area (Å²) in [5.41, 5.74) is 3.52. The summed E-state index contributed by atoms with van der Waals surface area (Å²) in [5, 5.41) is 2.69. The van der Waals surface area contributed by atoms with E-state index in [1.54, 1.807) is 0 Å². The van der Waals surface area contributed by atoms with Crippen molar-refractivity contribution in [1.82, 2.24) is 5.32 Å². The first-order chi connectivity index (χ1) is 10.6. The zero-order chi connectivity index (χ0) is 15.5. The Morgan fingerprint density at radius 3 is 2.68 bits per heavy atom. The van der Waals surface area contributed by atoms with Crippen molar-refractivity contribution < 1.29 is 9.59 Å². The Morgan fingerprint density at radius 1 is 1.18 bits per heavy atom. The van der Waals surface area contributed by atoms with Crippen LogP contribution in [-0.2, 0) is 16.0 Å². The van der Waals surface area contributed by atoms with Crippen molar-refractivity contribution in [2.24, 2.45) is 0 Å². The molecule has 2 aliphatic heterocycles. The Bertz CT molecular complexity index is 579. The minimum absolute atomic E-state index is 0.0890. The third-order valence-corrected chi connectivity index (χ3v) is 4.45. The van der Waals surface area contributed by atoms with Crippen LogP contribution >= 0.6 is 0 Å². The van der Waals surface area contributed by atoms with Crippen LogP contribution in [0.1, 0.15) is 31.7 Å². The first kappa shape index (κ1) is 14.9. The van der Waals surface area contributed by atoms with Crippen LogP contribution in [-0.4, -0.2) is 38.0 Å². The lowest BCUT2D eigenvalue weighted by Gasteiger charge is -2.22. The smallest absolute Gasteiger partial charge is 0.228 e. The molecule has 1 aromatic rings. The fourth-order valence-corrected chi connectivity index (χ4v) is 3.28. The molecule has 2 aliphatic rings. The number of amides is 2. The number of nitrogens with zero attached hydrogens (tertiary/aromatic N) is 2. The van der Waals surface area contributed by atoms with Gasteiger partial charge in [0.1, 0.15) is 0 Å². The van der Waals surface area contributed by atoms with Crippen molar-refractivity contribution in [2.45, 2.75) is 32.6 Å². The van der Waals surface area contributed by atoms with E-state index in [1.807, 2.05) is 4.90 Å². The van der Waals surface area contributed by atoms with E-state index in [4.69, 9.17) is 0 Å². The summed E-state index contributed by atoms with van der Waals surface area (Å²) in [7, 11) is 0. The molecule has 1 N–H and O–H groups in total. The number of rotatable bonds is 4. The summed E-state index contributed by atoms with van der Waals surface area (Å²) in [4.78, 5) is 27.5. The third-order valence-electron chi connectivity index (χ3n) is 4.45. The van der Waals surface area contributed by atoms with Crippen molar-refractivity contribution in [2.75, 3.05) is 36.0 Å². The van der Waals surface area contributed by atoms with Crippen molar-refractivity contribution in [3.05, 3.63) is 23.8 Å². The first-order valence-electron chi connectivity index (χ1n) is 8.08. The topological polar surface area (TPSA) is 52.7 Å². The molecule has 0 spiro atoms. The molecule has 0 radical (unpaired) electrons. The summed E-state index contributed by atoms with van der Waals surface area (Å²) in [5.74, 6) is -0.00277.